The number of benzene rings is 1. The second kappa shape index (κ2) is 11.2. The average molecular weight is 490 g/mol. The second-order valence-electron chi connectivity index (χ2n) is 5.58. The van der Waals surface area contributed by atoms with Crippen molar-refractivity contribution in [3.8, 4) is 11.5 Å². The number of aromatic nitrogens is 1. The summed E-state index contributed by atoms with van der Waals surface area (Å²) in [6.45, 7) is 8.11. The normalized spacial score (nSPS) is 11.0. The minimum atomic E-state index is 0. The summed E-state index contributed by atoms with van der Waals surface area (Å²) in [6, 6.07) is 5.52. The second-order valence-corrected chi connectivity index (χ2v) is 6.87. The quantitative estimate of drug-likeness (QED) is 0.315. The highest BCUT2D eigenvalue weighted by Crippen LogP contribution is 2.29. The number of halogens is 1. The Hall–Kier alpha value is -1.55. The Kier molecular flexibility index (Phi) is 9.71. The van der Waals surface area contributed by atoms with Crippen LogP contribution in [0.1, 0.15) is 28.1 Å². The number of methoxy groups -OCH3 is 1. The van der Waals surface area contributed by atoms with Crippen LogP contribution in [0.25, 0.3) is 0 Å². The molecule has 2 rings (SSSR count). The maximum atomic E-state index is 10.1. The third-order valence-corrected chi connectivity index (χ3v) is 4.77. The average Bonchev–Trinajstić information content (AvgIpc) is 2.91. The lowest BCUT2D eigenvalue weighted by atomic mass is 10.1. The van der Waals surface area contributed by atoms with E-state index in [1.54, 1.807) is 24.5 Å². The van der Waals surface area contributed by atoms with Crippen LogP contribution < -0.4 is 15.4 Å². The lowest BCUT2D eigenvalue weighted by Crippen LogP contribution is -2.38. The number of nitrogens with zero attached hydrogens (tertiary/aromatic N) is 2. The SMILES string of the molecule is CCNC(=NCc1sc(C)nc1C)NCCc1cccc(OC)c1O.I. The summed E-state index contributed by atoms with van der Waals surface area (Å²) in [5, 5.41) is 17.7. The maximum absolute atomic E-state index is 10.1. The zero-order valence-electron chi connectivity index (χ0n) is 15.6. The highest BCUT2D eigenvalue weighted by Gasteiger charge is 2.08. The van der Waals surface area contributed by atoms with Crippen molar-refractivity contribution in [2.75, 3.05) is 20.2 Å². The van der Waals surface area contributed by atoms with Crippen molar-refractivity contribution in [3.63, 3.8) is 0 Å². The summed E-state index contributed by atoms with van der Waals surface area (Å²) in [7, 11) is 1.55. The van der Waals surface area contributed by atoms with Crippen LogP contribution in [0.3, 0.4) is 0 Å². The third kappa shape index (κ3) is 6.31. The summed E-state index contributed by atoms with van der Waals surface area (Å²) in [4.78, 5) is 10.2. The molecular weight excluding hydrogens is 463 g/mol. The highest BCUT2D eigenvalue weighted by molar-refractivity contribution is 14.0. The van der Waals surface area contributed by atoms with Crippen molar-refractivity contribution in [1.29, 1.82) is 0 Å². The van der Waals surface area contributed by atoms with Gasteiger partial charge in [0.2, 0.25) is 0 Å². The molecular formula is C18H27IN4O2S. The fourth-order valence-corrected chi connectivity index (χ4v) is 3.32. The first-order chi connectivity index (χ1) is 12.0. The largest absolute Gasteiger partial charge is 0.504 e. The molecule has 0 amide bonds. The molecule has 0 saturated carbocycles. The Labute approximate surface area is 176 Å². The van der Waals surface area contributed by atoms with Crippen LogP contribution in [0.2, 0.25) is 0 Å². The molecule has 6 nitrogen and oxygen atoms in total. The summed E-state index contributed by atoms with van der Waals surface area (Å²) < 4.78 is 5.14. The molecule has 0 unspecified atom stereocenters. The molecule has 2 aromatic rings. The van der Waals surface area contributed by atoms with Crippen LogP contribution in [0.5, 0.6) is 11.5 Å². The molecule has 0 fully saturated rings. The third-order valence-electron chi connectivity index (χ3n) is 3.71. The lowest BCUT2D eigenvalue weighted by molar-refractivity contribution is 0.370. The Bertz CT molecular complexity index is 734. The van der Waals surface area contributed by atoms with Gasteiger partial charge in [0.15, 0.2) is 17.5 Å². The summed E-state index contributed by atoms with van der Waals surface area (Å²) in [5.41, 5.74) is 1.89. The number of aromatic hydroxyl groups is 1. The van der Waals surface area contributed by atoms with Gasteiger partial charge < -0.3 is 20.5 Å². The number of phenolic OH excluding ortho intramolecular Hbond substituents is 1. The minimum Gasteiger partial charge on any atom is -0.504 e. The summed E-state index contributed by atoms with van der Waals surface area (Å²) in [6.07, 6.45) is 0.673. The number of thiazole rings is 1. The maximum Gasteiger partial charge on any atom is 0.191 e. The molecule has 0 bridgehead atoms. The van der Waals surface area contributed by atoms with Crippen molar-refractivity contribution in [3.05, 3.63) is 39.3 Å². The monoisotopic (exact) mass is 490 g/mol. The van der Waals surface area contributed by atoms with Crippen molar-refractivity contribution in [1.82, 2.24) is 15.6 Å². The lowest BCUT2D eigenvalue weighted by Gasteiger charge is -2.12. The van der Waals surface area contributed by atoms with Crippen LogP contribution in [-0.4, -0.2) is 36.2 Å². The van der Waals surface area contributed by atoms with Crippen molar-refractivity contribution >= 4 is 41.3 Å². The van der Waals surface area contributed by atoms with Crippen LogP contribution in [0.15, 0.2) is 23.2 Å². The van der Waals surface area contributed by atoms with E-state index in [4.69, 9.17) is 4.74 Å². The summed E-state index contributed by atoms with van der Waals surface area (Å²) >= 11 is 1.68. The number of hydrogen-bond acceptors (Lipinski definition) is 5. The predicted octanol–water partition coefficient (Wildman–Crippen LogP) is 3.39. The Morgan fingerprint density at radius 2 is 2.08 bits per heavy atom. The van der Waals surface area contributed by atoms with Gasteiger partial charge >= 0.3 is 0 Å². The number of ether oxygens (including phenoxy) is 1. The van der Waals surface area contributed by atoms with Crippen molar-refractivity contribution in [2.45, 2.75) is 33.7 Å². The molecule has 3 N–H and O–H groups in total. The van der Waals surface area contributed by atoms with E-state index in [0.717, 1.165) is 28.8 Å². The fraction of sp³-hybridized carbons (Fsp3) is 0.444. The molecule has 0 saturated heterocycles. The van der Waals surface area contributed by atoms with Crippen molar-refractivity contribution in [2.24, 2.45) is 4.99 Å². The Morgan fingerprint density at radius 3 is 2.69 bits per heavy atom. The molecule has 0 atom stereocenters. The van der Waals surface area contributed by atoms with Gasteiger partial charge in [0.1, 0.15) is 0 Å². The molecule has 1 heterocycles. The van der Waals surface area contributed by atoms with E-state index in [2.05, 4.69) is 20.6 Å². The first-order valence-corrected chi connectivity index (χ1v) is 9.16. The van der Waals surface area contributed by atoms with Gasteiger partial charge in [-0.3, -0.25) is 0 Å². The minimum absolute atomic E-state index is 0. The number of para-hydroxylation sites is 1. The van der Waals surface area contributed by atoms with Gasteiger partial charge in [-0.25, -0.2) is 9.98 Å². The van der Waals surface area contributed by atoms with Gasteiger partial charge in [-0.05, 0) is 38.8 Å². The van der Waals surface area contributed by atoms with Gasteiger partial charge in [-0.2, -0.15) is 0 Å². The van der Waals surface area contributed by atoms with Gasteiger partial charge in [0, 0.05) is 18.0 Å². The topological polar surface area (TPSA) is 78.8 Å². The number of guanidine groups is 1. The molecule has 0 aliphatic heterocycles. The van der Waals surface area contributed by atoms with Gasteiger partial charge in [-0.15, -0.1) is 35.3 Å². The number of phenols is 1. The molecule has 26 heavy (non-hydrogen) atoms. The van der Waals surface area contributed by atoms with Crippen LogP contribution in [0.4, 0.5) is 0 Å². The first kappa shape index (κ1) is 22.5. The van der Waals surface area contributed by atoms with Gasteiger partial charge in [-0.1, -0.05) is 12.1 Å². The van der Waals surface area contributed by atoms with E-state index >= 15 is 0 Å². The molecule has 1 aromatic heterocycles. The zero-order chi connectivity index (χ0) is 18.2. The molecule has 0 aliphatic carbocycles. The first-order valence-electron chi connectivity index (χ1n) is 8.35. The van der Waals surface area contributed by atoms with Gasteiger partial charge in [0.05, 0.1) is 24.4 Å². The molecule has 0 aliphatic rings. The molecule has 1 aromatic carbocycles. The van der Waals surface area contributed by atoms with Crippen LogP contribution in [0, 0.1) is 13.8 Å². The number of rotatable bonds is 7. The molecule has 8 heteroatoms. The Morgan fingerprint density at radius 1 is 1.31 bits per heavy atom. The number of aryl methyl sites for hydroxylation is 2. The number of hydrogen-bond donors (Lipinski definition) is 3. The molecule has 0 spiro atoms. The molecule has 0 radical (unpaired) electrons. The van der Waals surface area contributed by atoms with E-state index < -0.39 is 0 Å². The Balaban J connectivity index is 0.00000338. The van der Waals surface area contributed by atoms with E-state index in [9.17, 15) is 5.11 Å². The summed E-state index contributed by atoms with van der Waals surface area (Å²) in [5.74, 6) is 1.45. The van der Waals surface area contributed by atoms with Crippen LogP contribution in [-0.2, 0) is 13.0 Å². The molecule has 144 valence electrons. The van der Waals surface area contributed by atoms with E-state index in [1.165, 1.54) is 4.88 Å². The standard InChI is InChI=1S/C18H26N4O2S.HI/c1-5-19-18(21-11-16-12(2)22-13(3)25-16)20-10-9-14-7-6-8-15(24-4)17(14)23;/h6-8,23H,5,9-11H2,1-4H3,(H2,19,20,21);1H. The predicted molar refractivity (Wildman–Crippen MR) is 118 cm³/mol. The smallest absolute Gasteiger partial charge is 0.191 e. The fourth-order valence-electron chi connectivity index (χ4n) is 2.46. The zero-order valence-corrected chi connectivity index (χ0v) is 18.8. The van der Waals surface area contributed by atoms with E-state index in [0.29, 0.717) is 25.3 Å². The van der Waals surface area contributed by atoms with Crippen LogP contribution >= 0.6 is 35.3 Å². The van der Waals surface area contributed by atoms with E-state index in [-0.39, 0.29) is 29.7 Å². The van der Waals surface area contributed by atoms with E-state index in [1.807, 2.05) is 32.9 Å². The number of nitrogens with one attached hydrogen (secondary N) is 2. The highest BCUT2D eigenvalue weighted by atomic mass is 127. The van der Waals surface area contributed by atoms with Crippen molar-refractivity contribution < 1.29 is 9.84 Å². The number of aliphatic imine (C=N–C) groups is 1. The van der Waals surface area contributed by atoms with Gasteiger partial charge in [0.25, 0.3) is 0 Å².